The van der Waals surface area contributed by atoms with Gasteiger partial charge in [0, 0.05) is 19.4 Å². The van der Waals surface area contributed by atoms with Crippen LogP contribution in [0.5, 0.6) is 0 Å². The van der Waals surface area contributed by atoms with Crippen molar-refractivity contribution in [2.75, 3.05) is 13.2 Å². The molecular formula is C18H20N2O3. The van der Waals surface area contributed by atoms with E-state index < -0.39 is 12.1 Å². The van der Waals surface area contributed by atoms with Gasteiger partial charge in [-0.3, -0.25) is 9.59 Å². The Morgan fingerprint density at radius 3 is 2.83 bits per heavy atom. The van der Waals surface area contributed by atoms with Crippen molar-refractivity contribution < 1.29 is 14.3 Å². The van der Waals surface area contributed by atoms with Crippen LogP contribution in [0.2, 0.25) is 0 Å². The lowest BCUT2D eigenvalue weighted by Crippen LogP contribution is -2.66. The second-order valence-electron chi connectivity index (χ2n) is 5.96. The molecule has 2 saturated heterocycles. The maximum atomic E-state index is 12.7. The zero-order valence-electron chi connectivity index (χ0n) is 12.9. The number of piperazine rings is 1. The number of rotatable bonds is 4. The molecule has 3 rings (SSSR count). The van der Waals surface area contributed by atoms with E-state index in [0.717, 1.165) is 12.0 Å². The summed E-state index contributed by atoms with van der Waals surface area (Å²) < 4.78 is 5.53. The largest absolute Gasteiger partial charge is 0.365 e. The molecule has 1 aromatic rings. The zero-order valence-corrected chi connectivity index (χ0v) is 12.9. The number of carbonyl (C=O) groups is 2. The van der Waals surface area contributed by atoms with Gasteiger partial charge in [-0.1, -0.05) is 36.3 Å². The van der Waals surface area contributed by atoms with Crippen molar-refractivity contribution in [3.05, 3.63) is 35.9 Å². The lowest BCUT2D eigenvalue weighted by Gasteiger charge is -2.43. The number of carbonyl (C=O) groups excluding carboxylic acids is 2. The van der Waals surface area contributed by atoms with E-state index in [2.05, 4.69) is 11.2 Å². The van der Waals surface area contributed by atoms with Gasteiger partial charge in [-0.25, -0.2) is 0 Å². The van der Waals surface area contributed by atoms with Crippen LogP contribution in [0.3, 0.4) is 0 Å². The summed E-state index contributed by atoms with van der Waals surface area (Å²) >= 11 is 0. The fourth-order valence-corrected chi connectivity index (χ4v) is 3.28. The Bertz CT molecular complexity index is 623. The van der Waals surface area contributed by atoms with Crippen molar-refractivity contribution in [1.29, 1.82) is 0 Å². The number of nitrogens with zero attached hydrogens (tertiary/aromatic N) is 1. The lowest BCUT2D eigenvalue weighted by molar-refractivity contribution is -0.154. The monoisotopic (exact) mass is 312 g/mol. The van der Waals surface area contributed by atoms with Crippen LogP contribution in [0, 0.1) is 12.3 Å². The molecule has 2 aliphatic rings. The number of amides is 2. The van der Waals surface area contributed by atoms with Crippen LogP contribution in [-0.2, 0) is 20.7 Å². The van der Waals surface area contributed by atoms with Gasteiger partial charge in [0.25, 0.3) is 0 Å². The van der Waals surface area contributed by atoms with Crippen LogP contribution in [-0.4, -0.2) is 48.1 Å². The van der Waals surface area contributed by atoms with Crippen LogP contribution in [0.25, 0.3) is 0 Å². The number of terminal acetylenes is 1. The van der Waals surface area contributed by atoms with Crippen molar-refractivity contribution >= 4 is 11.8 Å². The lowest BCUT2D eigenvalue weighted by atomic mass is 9.93. The number of hydrogen-bond acceptors (Lipinski definition) is 3. The summed E-state index contributed by atoms with van der Waals surface area (Å²) in [6, 6.07) is 8.80. The molecule has 2 amide bonds. The Labute approximate surface area is 136 Å². The average molecular weight is 312 g/mol. The summed E-state index contributed by atoms with van der Waals surface area (Å²) in [5.74, 6) is 2.33. The fraction of sp³-hybridized carbons (Fsp3) is 0.444. The first-order valence-corrected chi connectivity index (χ1v) is 7.89. The van der Waals surface area contributed by atoms with Gasteiger partial charge < -0.3 is 15.0 Å². The minimum absolute atomic E-state index is 0.00569. The second kappa shape index (κ2) is 6.84. The van der Waals surface area contributed by atoms with Crippen LogP contribution in [0.4, 0.5) is 0 Å². The van der Waals surface area contributed by atoms with E-state index in [1.807, 2.05) is 30.3 Å². The third-order valence-corrected chi connectivity index (χ3v) is 4.44. The van der Waals surface area contributed by atoms with Crippen molar-refractivity contribution in [2.24, 2.45) is 0 Å². The zero-order chi connectivity index (χ0) is 16.2. The van der Waals surface area contributed by atoms with Gasteiger partial charge in [-0.2, -0.15) is 0 Å². The topological polar surface area (TPSA) is 58.6 Å². The average Bonchev–Trinajstić information content (AvgIpc) is 2.58. The molecular weight excluding hydrogens is 292 g/mol. The van der Waals surface area contributed by atoms with Crippen LogP contribution in [0.1, 0.15) is 18.4 Å². The molecule has 5 heteroatoms. The number of nitrogens with one attached hydrogen (secondary N) is 1. The number of benzene rings is 1. The predicted molar refractivity (Wildman–Crippen MR) is 85.4 cm³/mol. The van der Waals surface area contributed by atoms with Crippen molar-refractivity contribution in [2.45, 2.75) is 37.5 Å². The number of fused-ring (bicyclic) bond motifs is 1. The summed E-state index contributed by atoms with van der Waals surface area (Å²) in [7, 11) is 0. The van der Waals surface area contributed by atoms with E-state index in [1.54, 1.807) is 4.90 Å². The molecule has 120 valence electrons. The molecule has 0 unspecified atom stereocenters. The Morgan fingerprint density at radius 1 is 1.30 bits per heavy atom. The summed E-state index contributed by atoms with van der Waals surface area (Å²) in [5.41, 5.74) is 1.04. The molecule has 2 aliphatic heterocycles. The summed E-state index contributed by atoms with van der Waals surface area (Å²) in [4.78, 5) is 26.8. The predicted octanol–water partition coefficient (Wildman–Crippen LogP) is 0.737. The van der Waals surface area contributed by atoms with Crippen molar-refractivity contribution in [3.63, 3.8) is 0 Å². The molecule has 0 aromatic heterocycles. The maximum Gasteiger partial charge on any atom is 0.246 e. The maximum absolute atomic E-state index is 12.7. The molecule has 2 fully saturated rings. The first-order valence-electron chi connectivity index (χ1n) is 7.89. The highest BCUT2D eigenvalue weighted by atomic mass is 16.5. The van der Waals surface area contributed by atoms with E-state index in [1.165, 1.54) is 0 Å². The summed E-state index contributed by atoms with van der Waals surface area (Å²) in [5, 5.41) is 2.86. The molecule has 23 heavy (non-hydrogen) atoms. The molecule has 3 atom stereocenters. The third-order valence-electron chi connectivity index (χ3n) is 4.44. The fourth-order valence-electron chi connectivity index (χ4n) is 3.28. The molecule has 0 bridgehead atoms. The van der Waals surface area contributed by atoms with Crippen LogP contribution >= 0.6 is 0 Å². The molecule has 1 aromatic carbocycles. The Hall–Kier alpha value is -2.32. The molecule has 0 aliphatic carbocycles. The number of piperidine rings is 1. The van der Waals surface area contributed by atoms with E-state index in [9.17, 15) is 9.59 Å². The van der Waals surface area contributed by atoms with Gasteiger partial charge in [-0.05, 0) is 12.0 Å². The van der Waals surface area contributed by atoms with Gasteiger partial charge >= 0.3 is 0 Å². The molecule has 1 N–H and O–H groups in total. The van der Waals surface area contributed by atoms with Gasteiger partial charge in [0.15, 0.2) is 0 Å². The van der Waals surface area contributed by atoms with Crippen molar-refractivity contribution in [1.82, 2.24) is 10.2 Å². The molecule has 5 nitrogen and oxygen atoms in total. The number of hydrogen-bond donors (Lipinski definition) is 1. The highest BCUT2D eigenvalue weighted by molar-refractivity contribution is 5.97. The Morgan fingerprint density at radius 2 is 2.09 bits per heavy atom. The van der Waals surface area contributed by atoms with E-state index in [0.29, 0.717) is 19.4 Å². The quantitative estimate of drug-likeness (QED) is 0.834. The highest BCUT2D eigenvalue weighted by Gasteiger charge is 2.43. The van der Waals surface area contributed by atoms with Gasteiger partial charge in [0.2, 0.25) is 11.8 Å². The summed E-state index contributed by atoms with van der Waals surface area (Å²) in [6.07, 6.45) is 6.89. The molecule has 0 spiro atoms. The Balaban J connectivity index is 1.67. The van der Waals surface area contributed by atoms with Crippen LogP contribution in [0.15, 0.2) is 30.3 Å². The van der Waals surface area contributed by atoms with Gasteiger partial charge in [0.05, 0.1) is 6.10 Å². The minimum Gasteiger partial charge on any atom is -0.365 e. The third kappa shape index (κ3) is 3.38. The molecule has 0 radical (unpaired) electrons. The van der Waals surface area contributed by atoms with E-state index in [4.69, 9.17) is 11.2 Å². The Kier molecular flexibility index (Phi) is 4.63. The summed E-state index contributed by atoms with van der Waals surface area (Å²) in [6.45, 7) is 0.779. The number of ether oxygens (including phenoxy) is 1. The second-order valence-corrected chi connectivity index (χ2v) is 5.96. The smallest absolute Gasteiger partial charge is 0.246 e. The molecule has 2 heterocycles. The van der Waals surface area contributed by atoms with E-state index in [-0.39, 0.29) is 24.5 Å². The SMILES string of the molecule is C#CCO[C@@H]1CCN2C(=O)[C@@H](Cc3ccccc3)NC(=O)[C@@H]2C1. The normalized spacial score (nSPS) is 27.1. The first kappa shape index (κ1) is 15.6. The van der Waals surface area contributed by atoms with Gasteiger partial charge in [-0.15, -0.1) is 6.42 Å². The molecule has 0 saturated carbocycles. The van der Waals surface area contributed by atoms with Gasteiger partial charge in [0.1, 0.15) is 18.7 Å². The first-order chi connectivity index (χ1) is 11.2. The minimum atomic E-state index is -0.482. The van der Waals surface area contributed by atoms with Crippen LogP contribution < -0.4 is 5.32 Å². The highest BCUT2D eigenvalue weighted by Crippen LogP contribution is 2.24. The van der Waals surface area contributed by atoms with E-state index >= 15 is 0 Å². The standard InChI is InChI=1S/C18H20N2O3/c1-2-10-23-14-8-9-20-16(12-14)17(21)19-15(18(20)22)11-13-6-4-3-5-7-13/h1,3-7,14-16H,8-12H2,(H,19,21)/t14-,15-,16+/m1/s1. The van der Waals surface area contributed by atoms with Crippen molar-refractivity contribution in [3.8, 4) is 12.3 Å².